The highest BCUT2D eigenvalue weighted by Gasteiger charge is 2.27. The third-order valence-electron chi connectivity index (χ3n) is 4.40. The van der Waals surface area contributed by atoms with Crippen molar-refractivity contribution in [1.82, 2.24) is 4.90 Å². The van der Waals surface area contributed by atoms with Crippen LogP contribution in [-0.2, 0) is 21.2 Å². The maximum absolute atomic E-state index is 12.6. The third kappa shape index (κ3) is 3.21. The molecule has 6 nitrogen and oxygen atoms in total. The Morgan fingerprint density at radius 1 is 1.22 bits per heavy atom. The van der Waals surface area contributed by atoms with Crippen molar-refractivity contribution in [1.29, 1.82) is 0 Å². The van der Waals surface area contributed by atoms with Crippen LogP contribution in [0.2, 0.25) is 0 Å². The molecule has 7 heteroatoms. The van der Waals surface area contributed by atoms with Crippen LogP contribution in [0.1, 0.15) is 29.3 Å². The molecule has 0 aromatic heterocycles. The highest BCUT2D eigenvalue weighted by molar-refractivity contribution is 7.92. The second-order valence-corrected chi connectivity index (χ2v) is 8.01. The minimum Gasteiger partial charge on any atom is -0.378 e. The van der Waals surface area contributed by atoms with Crippen LogP contribution < -0.4 is 4.31 Å². The minimum atomic E-state index is -3.27. The maximum Gasteiger partial charge on any atom is 0.254 e. The normalized spacial score (nSPS) is 18.7. The summed E-state index contributed by atoms with van der Waals surface area (Å²) in [6, 6.07) is 5.36. The molecule has 3 rings (SSSR count). The number of fused-ring (bicyclic) bond motifs is 1. The average Bonchev–Trinajstić information content (AvgIpc) is 2.60. The fourth-order valence-electron chi connectivity index (χ4n) is 3.09. The van der Waals surface area contributed by atoms with Gasteiger partial charge in [-0.15, -0.1) is 0 Å². The molecule has 1 fully saturated rings. The fourth-order valence-corrected chi connectivity index (χ4v) is 4.29. The molecule has 0 saturated carbocycles. The Labute approximate surface area is 137 Å². The van der Waals surface area contributed by atoms with E-state index in [0.29, 0.717) is 38.4 Å². The van der Waals surface area contributed by atoms with Gasteiger partial charge in [-0.05, 0) is 43.5 Å². The van der Waals surface area contributed by atoms with Crippen LogP contribution in [0.25, 0.3) is 0 Å². The molecule has 0 radical (unpaired) electrons. The molecule has 1 amide bonds. The number of benzene rings is 1. The lowest BCUT2D eigenvalue weighted by Crippen LogP contribution is -2.41. The van der Waals surface area contributed by atoms with Crippen LogP contribution in [0.4, 0.5) is 5.69 Å². The number of nitrogens with zero attached hydrogens (tertiary/aromatic N) is 2. The van der Waals surface area contributed by atoms with Crippen molar-refractivity contribution < 1.29 is 17.9 Å². The number of carbonyl (C=O) groups excluding carboxylic acids is 1. The van der Waals surface area contributed by atoms with E-state index in [-0.39, 0.29) is 11.7 Å². The van der Waals surface area contributed by atoms with Crippen molar-refractivity contribution in [3.8, 4) is 0 Å². The van der Waals surface area contributed by atoms with Gasteiger partial charge in [0, 0.05) is 25.2 Å². The third-order valence-corrected chi connectivity index (χ3v) is 6.18. The first-order valence-corrected chi connectivity index (χ1v) is 9.64. The summed E-state index contributed by atoms with van der Waals surface area (Å²) in [5, 5.41) is 0. The molecule has 0 unspecified atom stereocenters. The Balaban J connectivity index is 1.88. The van der Waals surface area contributed by atoms with Crippen LogP contribution in [0.3, 0.4) is 0 Å². The number of anilines is 1. The van der Waals surface area contributed by atoms with E-state index in [1.54, 1.807) is 24.0 Å². The van der Waals surface area contributed by atoms with E-state index >= 15 is 0 Å². The topological polar surface area (TPSA) is 66.9 Å². The van der Waals surface area contributed by atoms with Gasteiger partial charge in [-0.2, -0.15) is 0 Å². The van der Waals surface area contributed by atoms with Crippen molar-refractivity contribution >= 4 is 21.6 Å². The molecule has 0 aliphatic carbocycles. The largest absolute Gasteiger partial charge is 0.378 e. The molecule has 1 saturated heterocycles. The lowest BCUT2D eigenvalue weighted by atomic mass is 10.00. The van der Waals surface area contributed by atoms with E-state index in [1.807, 2.05) is 6.07 Å². The zero-order valence-corrected chi connectivity index (χ0v) is 14.1. The zero-order valence-electron chi connectivity index (χ0n) is 13.3. The number of ether oxygens (including phenoxy) is 1. The predicted molar refractivity (Wildman–Crippen MR) is 88.3 cm³/mol. The highest BCUT2D eigenvalue weighted by atomic mass is 32.2. The van der Waals surface area contributed by atoms with Crippen LogP contribution in [0, 0.1) is 0 Å². The van der Waals surface area contributed by atoms with Gasteiger partial charge in [0.2, 0.25) is 10.0 Å². The summed E-state index contributed by atoms with van der Waals surface area (Å²) in [6.45, 7) is 4.51. The standard InChI is InChI=1S/C16H22N2O4S/c1-2-23(20,21)18-7-3-4-13-12-14(5-6-15(13)18)16(19)17-8-10-22-11-9-17/h5-6,12H,2-4,7-11H2,1H3. The van der Waals surface area contributed by atoms with Crippen molar-refractivity contribution in [3.05, 3.63) is 29.3 Å². The van der Waals surface area contributed by atoms with Crippen molar-refractivity contribution in [3.63, 3.8) is 0 Å². The van der Waals surface area contributed by atoms with Gasteiger partial charge in [0.15, 0.2) is 0 Å². The Bertz CT molecular complexity index is 696. The summed E-state index contributed by atoms with van der Waals surface area (Å²) in [4.78, 5) is 14.3. The molecular formula is C16H22N2O4S. The lowest BCUT2D eigenvalue weighted by Gasteiger charge is -2.31. The number of hydrogen-bond acceptors (Lipinski definition) is 4. The molecule has 1 aromatic carbocycles. The number of sulfonamides is 1. The number of aryl methyl sites for hydroxylation is 1. The average molecular weight is 338 g/mol. The fraction of sp³-hybridized carbons (Fsp3) is 0.562. The first kappa shape index (κ1) is 16.3. The number of rotatable bonds is 3. The molecule has 1 aromatic rings. The van der Waals surface area contributed by atoms with Gasteiger partial charge in [-0.25, -0.2) is 8.42 Å². The van der Waals surface area contributed by atoms with Gasteiger partial charge in [0.05, 0.1) is 24.7 Å². The summed E-state index contributed by atoms with van der Waals surface area (Å²) >= 11 is 0. The smallest absolute Gasteiger partial charge is 0.254 e. The summed E-state index contributed by atoms with van der Waals surface area (Å²) in [7, 11) is -3.27. The monoisotopic (exact) mass is 338 g/mol. The molecular weight excluding hydrogens is 316 g/mol. The quantitative estimate of drug-likeness (QED) is 0.832. The van der Waals surface area contributed by atoms with Crippen molar-refractivity contribution in [2.75, 3.05) is 42.9 Å². The Morgan fingerprint density at radius 2 is 1.96 bits per heavy atom. The van der Waals surface area contributed by atoms with E-state index in [0.717, 1.165) is 24.1 Å². The van der Waals surface area contributed by atoms with E-state index < -0.39 is 10.0 Å². The maximum atomic E-state index is 12.6. The molecule has 2 aliphatic heterocycles. The van der Waals surface area contributed by atoms with Crippen molar-refractivity contribution in [2.24, 2.45) is 0 Å². The summed E-state index contributed by atoms with van der Waals surface area (Å²) in [6.07, 6.45) is 1.58. The summed E-state index contributed by atoms with van der Waals surface area (Å²) in [5.41, 5.74) is 2.28. The van der Waals surface area contributed by atoms with Gasteiger partial charge >= 0.3 is 0 Å². The predicted octanol–water partition coefficient (Wildman–Crippen LogP) is 1.26. The number of morpholine rings is 1. The number of amides is 1. The molecule has 2 aliphatic rings. The second kappa shape index (κ2) is 6.49. The molecule has 0 N–H and O–H groups in total. The Hall–Kier alpha value is -1.60. The Kier molecular flexibility index (Phi) is 4.59. The van der Waals surface area contributed by atoms with Gasteiger partial charge in [0.25, 0.3) is 5.91 Å². The molecule has 23 heavy (non-hydrogen) atoms. The lowest BCUT2D eigenvalue weighted by molar-refractivity contribution is 0.0303. The molecule has 0 bridgehead atoms. The van der Waals surface area contributed by atoms with E-state index in [1.165, 1.54) is 4.31 Å². The summed E-state index contributed by atoms with van der Waals surface area (Å²) in [5.74, 6) is 0.0764. The van der Waals surface area contributed by atoms with E-state index in [9.17, 15) is 13.2 Å². The minimum absolute atomic E-state index is 0.00780. The van der Waals surface area contributed by atoms with Gasteiger partial charge in [0.1, 0.15) is 0 Å². The molecule has 2 heterocycles. The number of carbonyl (C=O) groups is 1. The van der Waals surface area contributed by atoms with Gasteiger partial charge in [-0.3, -0.25) is 9.10 Å². The van der Waals surface area contributed by atoms with Crippen LogP contribution in [0.5, 0.6) is 0 Å². The van der Waals surface area contributed by atoms with Crippen LogP contribution >= 0.6 is 0 Å². The molecule has 0 spiro atoms. The first-order valence-electron chi connectivity index (χ1n) is 8.03. The highest BCUT2D eigenvalue weighted by Crippen LogP contribution is 2.30. The zero-order chi connectivity index (χ0) is 16.4. The van der Waals surface area contributed by atoms with Gasteiger partial charge in [-0.1, -0.05) is 0 Å². The van der Waals surface area contributed by atoms with E-state index in [2.05, 4.69) is 0 Å². The van der Waals surface area contributed by atoms with Crippen LogP contribution in [0.15, 0.2) is 18.2 Å². The van der Waals surface area contributed by atoms with E-state index in [4.69, 9.17) is 4.74 Å². The Morgan fingerprint density at radius 3 is 2.65 bits per heavy atom. The first-order chi connectivity index (χ1) is 11.0. The second-order valence-electron chi connectivity index (χ2n) is 5.82. The molecule has 126 valence electrons. The van der Waals surface area contributed by atoms with Crippen LogP contribution in [-0.4, -0.2) is 57.8 Å². The van der Waals surface area contributed by atoms with Crippen molar-refractivity contribution in [2.45, 2.75) is 19.8 Å². The number of hydrogen-bond donors (Lipinski definition) is 0. The summed E-state index contributed by atoms with van der Waals surface area (Å²) < 4.78 is 31.2. The van der Waals surface area contributed by atoms with Gasteiger partial charge < -0.3 is 9.64 Å². The SMILES string of the molecule is CCS(=O)(=O)N1CCCc2cc(C(=O)N3CCOCC3)ccc21. The molecule has 0 atom stereocenters.